The van der Waals surface area contributed by atoms with Crippen LogP contribution in [0, 0.1) is 0 Å². The van der Waals surface area contributed by atoms with Crippen molar-refractivity contribution in [3.8, 4) is 0 Å². The second kappa shape index (κ2) is 4.40. The molecular weight excluding hydrogens is 186 g/mol. The van der Waals surface area contributed by atoms with Crippen molar-refractivity contribution in [2.75, 3.05) is 0 Å². The first-order chi connectivity index (χ1) is 6.59. The van der Waals surface area contributed by atoms with Crippen LogP contribution < -0.4 is 5.32 Å². The molecule has 2 N–H and O–H groups in total. The molecule has 0 aliphatic rings. The van der Waals surface area contributed by atoms with E-state index in [9.17, 15) is 9.59 Å². The van der Waals surface area contributed by atoms with Crippen molar-refractivity contribution in [1.29, 1.82) is 0 Å². The molecule has 1 heterocycles. The number of hydrogen-bond acceptors (Lipinski definition) is 3. The molecule has 0 aromatic carbocycles. The van der Waals surface area contributed by atoms with E-state index in [1.54, 1.807) is 6.20 Å². The SMILES string of the molecule is CC(=O)NCc1nccn1CC(=O)O. The van der Waals surface area contributed by atoms with Gasteiger partial charge in [-0.1, -0.05) is 0 Å². The molecule has 76 valence electrons. The van der Waals surface area contributed by atoms with Crippen LogP contribution in [0.2, 0.25) is 0 Å². The number of nitrogens with one attached hydrogen (secondary N) is 1. The molecule has 1 aromatic heterocycles. The number of hydrogen-bond donors (Lipinski definition) is 2. The van der Waals surface area contributed by atoms with E-state index in [0.717, 1.165) is 0 Å². The van der Waals surface area contributed by atoms with Crippen LogP contribution in [0.15, 0.2) is 12.4 Å². The Morgan fingerprint density at radius 3 is 2.93 bits per heavy atom. The lowest BCUT2D eigenvalue weighted by Gasteiger charge is -2.04. The fourth-order valence-corrected chi connectivity index (χ4v) is 1.00. The van der Waals surface area contributed by atoms with Crippen LogP contribution in [0.1, 0.15) is 12.7 Å². The molecule has 1 rings (SSSR count). The van der Waals surface area contributed by atoms with Gasteiger partial charge in [-0.05, 0) is 0 Å². The van der Waals surface area contributed by atoms with Gasteiger partial charge >= 0.3 is 5.97 Å². The van der Waals surface area contributed by atoms with Crippen LogP contribution in [0.25, 0.3) is 0 Å². The highest BCUT2D eigenvalue weighted by molar-refractivity contribution is 5.72. The highest BCUT2D eigenvalue weighted by Crippen LogP contribution is 1.96. The van der Waals surface area contributed by atoms with Gasteiger partial charge in [-0.15, -0.1) is 0 Å². The first kappa shape index (κ1) is 10.2. The lowest BCUT2D eigenvalue weighted by Crippen LogP contribution is -2.22. The highest BCUT2D eigenvalue weighted by Gasteiger charge is 2.05. The maximum absolute atomic E-state index is 10.6. The van der Waals surface area contributed by atoms with Gasteiger partial charge in [0.1, 0.15) is 12.4 Å². The van der Waals surface area contributed by atoms with Gasteiger partial charge in [0, 0.05) is 19.3 Å². The number of aliphatic carboxylic acids is 1. The molecule has 0 atom stereocenters. The van der Waals surface area contributed by atoms with Gasteiger partial charge in [-0.2, -0.15) is 0 Å². The van der Waals surface area contributed by atoms with Gasteiger partial charge in [0.15, 0.2) is 0 Å². The molecule has 0 spiro atoms. The average molecular weight is 197 g/mol. The van der Waals surface area contributed by atoms with E-state index in [1.165, 1.54) is 17.7 Å². The van der Waals surface area contributed by atoms with Gasteiger partial charge in [0.25, 0.3) is 0 Å². The van der Waals surface area contributed by atoms with Crippen LogP contribution in [0.5, 0.6) is 0 Å². The minimum atomic E-state index is -0.938. The fourth-order valence-electron chi connectivity index (χ4n) is 1.00. The van der Waals surface area contributed by atoms with Crippen molar-refractivity contribution >= 4 is 11.9 Å². The lowest BCUT2D eigenvalue weighted by molar-refractivity contribution is -0.137. The average Bonchev–Trinajstić information content (AvgIpc) is 2.47. The predicted molar refractivity (Wildman–Crippen MR) is 47.4 cm³/mol. The maximum atomic E-state index is 10.6. The van der Waals surface area contributed by atoms with E-state index in [4.69, 9.17) is 5.11 Å². The number of amides is 1. The Hall–Kier alpha value is -1.85. The molecule has 6 nitrogen and oxygen atoms in total. The maximum Gasteiger partial charge on any atom is 0.323 e. The van der Waals surface area contributed by atoms with Crippen molar-refractivity contribution < 1.29 is 14.7 Å². The zero-order valence-corrected chi connectivity index (χ0v) is 7.73. The second-order valence-electron chi connectivity index (χ2n) is 2.77. The number of rotatable bonds is 4. The fraction of sp³-hybridized carbons (Fsp3) is 0.375. The quantitative estimate of drug-likeness (QED) is 0.688. The summed E-state index contributed by atoms with van der Waals surface area (Å²) in [5.74, 6) is -0.579. The van der Waals surface area contributed by atoms with E-state index >= 15 is 0 Å². The van der Waals surface area contributed by atoms with Crippen LogP contribution in [0.3, 0.4) is 0 Å². The van der Waals surface area contributed by atoms with Crippen molar-refractivity contribution in [3.63, 3.8) is 0 Å². The number of carboxylic acids is 1. The Labute approximate surface area is 80.6 Å². The van der Waals surface area contributed by atoms with Gasteiger partial charge in [0.2, 0.25) is 5.91 Å². The first-order valence-corrected chi connectivity index (χ1v) is 4.06. The summed E-state index contributed by atoms with van der Waals surface area (Å²) < 4.78 is 1.47. The molecule has 0 saturated carbocycles. The molecule has 1 amide bonds. The first-order valence-electron chi connectivity index (χ1n) is 4.06. The van der Waals surface area contributed by atoms with Crippen molar-refractivity contribution in [3.05, 3.63) is 18.2 Å². The summed E-state index contributed by atoms with van der Waals surface area (Å²) in [6.07, 6.45) is 3.06. The van der Waals surface area contributed by atoms with E-state index in [-0.39, 0.29) is 19.0 Å². The lowest BCUT2D eigenvalue weighted by atomic mass is 10.5. The summed E-state index contributed by atoms with van der Waals surface area (Å²) in [7, 11) is 0. The second-order valence-corrected chi connectivity index (χ2v) is 2.77. The molecule has 0 fully saturated rings. The zero-order valence-electron chi connectivity index (χ0n) is 7.73. The monoisotopic (exact) mass is 197 g/mol. The Balaban J connectivity index is 2.62. The predicted octanol–water partition coefficient (Wildman–Crippen LogP) is -0.396. The minimum absolute atomic E-state index is 0.144. The van der Waals surface area contributed by atoms with Gasteiger partial charge in [-0.25, -0.2) is 4.98 Å². The summed E-state index contributed by atoms with van der Waals surface area (Å²) in [5.41, 5.74) is 0. The van der Waals surface area contributed by atoms with Crippen LogP contribution in [0.4, 0.5) is 0 Å². The van der Waals surface area contributed by atoms with E-state index in [2.05, 4.69) is 10.3 Å². The summed E-state index contributed by atoms with van der Waals surface area (Å²) >= 11 is 0. The molecule has 0 unspecified atom stereocenters. The Kier molecular flexibility index (Phi) is 3.22. The topological polar surface area (TPSA) is 84.2 Å². The number of imidazole rings is 1. The summed E-state index contributed by atoms with van der Waals surface area (Å²) in [6, 6.07) is 0. The third-order valence-electron chi connectivity index (χ3n) is 1.60. The van der Waals surface area contributed by atoms with Crippen LogP contribution in [-0.4, -0.2) is 26.5 Å². The Morgan fingerprint density at radius 2 is 2.36 bits per heavy atom. The summed E-state index contributed by atoms with van der Waals surface area (Å²) in [4.78, 5) is 25.0. The van der Waals surface area contributed by atoms with E-state index in [1.807, 2.05) is 0 Å². The number of carbonyl (C=O) groups is 2. The third kappa shape index (κ3) is 2.89. The third-order valence-corrected chi connectivity index (χ3v) is 1.60. The molecule has 14 heavy (non-hydrogen) atoms. The van der Waals surface area contributed by atoms with Crippen molar-refractivity contribution in [1.82, 2.24) is 14.9 Å². The molecule has 0 aliphatic heterocycles. The largest absolute Gasteiger partial charge is 0.480 e. The molecule has 0 aliphatic carbocycles. The molecule has 0 bridgehead atoms. The van der Waals surface area contributed by atoms with E-state index < -0.39 is 5.97 Å². The number of carbonyl (C=O) groups excluding carboxylic acids is 1. The van der Waals surface area contributed by atoms with Crippen LogP contribution in [-0.2, 0) is 22.7 Å². The standard InChI is InChI=1S/C8H11N3O3/c1-6(12)10-4-7-9-2-3-11(7)5-8(13)14/h2-3H,4-5H2,1H3,(H,10,12)(H,13,14). The molecule has 0 radical (unpaired) electrons. The summed E-state index contributed by atoms with van der Waals surface area (Å²) in [5, 5.41) is 11.1. The minimum Gasteiger partial charge on any atom is -0.480 e. The molecule has 0 saturated heterocycles. The molecular formula is C8H11N3O3. The number of carboxylic acid groups (broad SMARTS) is 1. The van der Waals surface area contributed by atoms with Gasteiger partial charge in [-0.3, -0.25) is 9.59 Å². The van der Waals surface area contributed by atoms with Crippen molar-refractivity contribution in [2.24, 2.45) is 0 Å². The Bertz CT molecular complexity index is 345. The Morgan fingerprint density at radius 1 is 1.64 bits per heavy atom. The van der Waals surface area contributed by atoms with Gasteiger partial charge in [0.05, 0.1) is 6.54 Å². The van der Waals surface area contributed by atoms with Crippen molar-refractivity contribution in [2.45, 2.75) is 20.0 Å². The number of nitrogens with zero attached hydrogens (tertiary/aromatic N) is 2. The van der Waals surface area contributed by atoms with Crippen LogP contribution >= 0.6 is 0 Å². The summed E-state index contributed by atoms with van der Waals surface area (Å²) in [6.45, 7) is 1.50. The van der Waals surface area contributed by atoms with E-state index in [0.29, 0.717) is 5.82 Å². The normalized spacial score (nSPS) is 9.79. The molecule has 6 heteroatoms. The molecule has 1 aromatic rings. The number of aromatic nitrogens is 2. The highest BCUT2D eigenvalue weighted by atomic mass is 16.4. The smallest absolute Gasteiger partial charge is 0.323 e. The zero-order chi connectivity index (χ0) is 10.6. The van der Waals surface area contributed by atoms with Gasteiger partial charge < -0.3 is 15.0 Å².